The van der Waals surface area contributed by atoms with Gasteiger partial charge in [0, 0.05) is 15.6 Å². The van der Waals surface area contributed by atoms with Gasteiger partial charge in [0.05, 0.1) is 5.75 Å². The Labute approximate surface area is 166 Å². The third kappa shape index (κ3) is 5.49. The molecule has 6 heteroatoms. The highest BCUT2D eigenvalue weighted by molar-refractivity contribution is 8.00. The molecule has 0 aliphatic rings. The van der Waals surface area contributed by atoms with E-state index in [9.17, 15) is 9.59 Å². The first-order chi connectivity index (χ1) is 13.0. The molecule has 3 rings (SSSR count). The van der Waals surface area contributed by atoms with E-state index >= 15 is 0 Å². The Bertz CT molecular complexity index is 976. The first-order valence-electron chi connectivity index (χ1n) is 8.39. The quantitative estimate of drug-likeness (QED) is 0.459. The summed E-state index contributed by atoms with van der Waals surface area (Å²) in [6.45, 7) is 1.54. The number of hydrogen-bond donors (Lipinski definition) is 1. The highest BCUT2D eigenvalue weighted by Gasteiger charge is 2.18. The Morgan fingerprint density at radius 2 is 1.81 bits per heavy atom. The molecule has 3 aromatic rings. The van der Waals surface area contributed by atoms with Crippen LogP contribution in [0.2, 0.25) is 5.02 Å². The molecule has 0 saturated carbocycles. The fourth-order valence-corrected chi connectivity index (χ4v) is 3.41. The predicted molar refractivity (Wildman–Crippen MR) is 110 cm³/mol. The number of anilines is 1. The van der Waals surface area contributed by atoms with E-state index in [1.807, 2.05) is 42.5 Å². The number of esters is 1. The van der Waals surface area contributed by atoms with Crippen LogP contribution in [0.1, 0.15) is 6.92 Å². The Kier molecular flexibility index (Phi) is 6.37. The molecular formula is C21H18ClNO3S. The highest BCUT2D eigenvalue weighted by atomic mass is 35.5. The Hall–Kier alpha value is -2.50. The average molecular weight is 400 g/mol. The van der Waals surface area contributed by atoms with Crippen LogP contribution in [0.4, 0.5) is 5.69 Å². The molecule has 0 aromatic heterocycles. The molecular weight excluding hydrogens is 382 g/mol. The highest BCUT2D eigenvalue weighted by Crippen LogP contribution is 2.24. The monoisotopic (exact) mass is 399 g/mol. The zero-order chi connectivity index (χ0) is 19.2. The van der Waals surface area contributed by atoms with Crippen LogP contribution < -0.4 is 5.32 Å². The zero-order valence-electron chi connectivity index (χ0n) is 14.6. The summed E-state index contributed by atoms with van der Waals surface area (Å²) in [7, 11) is 0. The number of amides is 1. The van der Waals surface area contributed by atoms with Crippen LogP contribution in [0.3, 0.4) is 0 Å². The standard InChI is InChI=1S/C21H18ClNO3S/c1-14(21(25)23-18-8-4-7-17(22)12-18)26-20(24)13-27-19-10-9-15-5-2-3-6-16(15)11-19/h2-12,14H,13H2,1H3,(H,23,25)/t14-/m0/s1. The van der Waals surface area contributed by atoms with Crippen LogP contribution in [0.15, 0.2) is 71.6 Å². The molecule has 0 fully saturated rings. The largest absolute Gasteiger partial charge is 0.452 e. The van der Waals surface area contributed by atoms with Crippen LogP contribution >= 0.6 is 23.4 Å². The molecule has 0 heterocycles. The van der Waals surface area contributed by atoms with Gasteiger partial charge in [0.1, 0.15) is 0 Å². The summed E-state index contributed by atoms with van der Waals surface area (Å²) >= 11 is 7.27. The van der Waals surface area contributed by atoms with E-state index in [4.69, 9.17) is 16.3 Å². The second-order valence-electron chi connectivity index (χ2n) is 5.93. The van der Waals surface area contributed by atoms with Gasteiger partial charge in [0.15, 0.2) is 6.10 Å². The Balaban J connectivity index is 1.51. The lowest BCUT2D eigenvalue weighted by Gasteiger charge is -2.13. The molecule has 0 bridgehead atoms. The van der Waals surface area contributed by atoms with E-state index in [1.54, 1.807) is 31.2 Å². The van der Waals surface area contributed by atoms with Crippen LogP contribution in [-0.4, -0.2) is 23.7 Å². The lowest BCUT2D eigenvalue weighted by Crippen LogP contribution is -2.30. The van der Waals surface area contributed by atoms with Crippen molar-refractivity contribution in [1.82, 2.24) is 0 Å². The molecule has 0 unspecified atom stereocenters. The van der Waals surface area contributed by atoms with Crippen molar-refractivity contribution < 1.29 is 14.3 Å². The summed E-state index contributed by atoms with van der Waals surface area (Å²) in [5.41, 5.74) is 0.556. The van der Waals surface area contributed by atoms with Gasteiger partial charge in [-0.25, -0.2) is 0 Å². The van der Waals surface area contributed by atoms with Gasteiger partial charge in [0.2, 0.25) is 0 Å². The third-order valence-corrected chi connectivity index (χ3v) is 5.05. The van der Waals surface area contributed by atoms with Gasteiger partial charge in [0.25, 0.3) is 5.91 Å². The van der Waals surface area contributed by atoms with Crippen molar-refractivity contribution in [1.29, 1.82) is 0 Å². The normalized spacial score (nSPS) is 11.8. The van der Waals surface area contributed by atoms with Crippen molar-refractivity contribution in [3.63, 3.8) is 0 Å². The van der Waals surface area contributed by atoms with Crippen molar-refractivity contribution in [3.05, 3.63) is 71.8 Å². The molecule has 0 saturated heterocycles. The summed E-state index contributed by atoms with van der Waals surface area (Å²) in [6.07, 6.45) is -0.895. The maximum absolute atomic E-state index is 12.1. The van der Waals surface area contributed by atoms with Crippen molar-refractivity contribution in [2.45, 2.75) is 17.9 Å². The minimum Gasteiger partial charge on any atom is -0.452 e. The molecule has 0 spiro atoms. The second-order valence-corrected chi connectivity index (χ2v) is 7.41. The topological polar surface area (TPSA) is 55.4 Å². The third-order valence-electron chi connectivity index (χ3n) is 3.85. The number of ether oxygens (including phenoxy) is 1. The Morgan fingerprint density at radius 3 is 2.59 bits per heavy atom. The molecule has 1 atom stereocenters. The Morgan fingerprint density at radius 1 is 1.04 bits per heavy atom. The minimum absolute atomic E-state index is 0.132. The number of fused-ring (bicyclic) bond motifs is 1. The van der Waals surface area contributed by atoms with Gasteiger partial charge in [-0.05, 0) is 48.0 Å². The van der Waals surface area contributed by atoms with E-state index in [2.05, 4.69) is 5.32 Å². The van der Waals surface area contributed by atoms with Gasteiger partial charge in [-0.15, -0.1) is 11.8 Å². The van der Waals surface area contributed by atoms with Gasteiger partial charge in [-0.3, -0.25) is 9.59 Å². The summed E-state index contributed by atoms with van der Waals surface area (Å²) in [6, 6.07) is 20.8. The van der Waals surface area contributed by atoms with E-state index < -0.39 is 18.0 Å². The molecule has 138 valence electrons. The number of carbonyl (C=O) groups is 2. The molecule has 4 nitrogen and oxygen atoms in total. The molecule has 1 amide bonds. The first-order valence-corrected chi connectivity index (χ1v) is 9.75. The fraction of sp³-hybridized carbons (Fsp3) is 0.143. The maximum Gasteiger partial charge on any atom is 0.317 e. The van der Waals surface area contributed by atoms with Gasteiger partial charge >= 0.3 is 5.97 Å². The number of nitrogens with one attached hydrogen (secondary N) is 1. The van der Waals surface area contributed by atoms with Crippen LogP contribution in [0.25, 0.3) is 10.8 Å². The number of benzene rings is 3. The van der Waals surface area contributed by atoms with Crippen molar-refractivity contribution in [2.75, 3.05) is 11.1 Å². The second kappa shape index (κ2) is 8.93. The van der Waals surface area contributed by atoms with Crippen molar-refractivity contribution in [2.24, 2.45) is 0 Å². The first kappa shape index (κ1) is 19.3. The number of carbonyl (C=O) groups excluding carboxylic acids is 2. The zero-order valence-corrected chi connectivity index (χ0v) is 16.2. The molecule has 0 aliphatic heterocycles. The van der Waals surface area contributed by atoms with Gasteiger partial charge in [-0.1, -0.05) is 48.0 Å². The van der Waals surface area contributed by atoms with Crippen LogP contribution in [-0.2, 0) is 14.3 Å². The molecule has 27 heavy (non-hydrogen) atoms. The lowest BCUT2D eigenvalue weighted by molar-refractivity contribution is -0.150. The van der Waals surface area contributed by atoms with E-state index in [-0.39, 0.29) is 5.75 Å². The molecule has 0 radical (unpaired) electrons. The van der Waals surface area contributed by atoms with Gasteiger partial charge in [-0.2, -0.15) is 0 Å². The van der Waals surface area contributed by atoms with E-state index in [0.29, 0.717) is 10.7 Å². The van der Waals surface area contributed by atoms with Crippen molar-refractivity contribution in [3.8, 4) is 0 Å². The van der Waals surface area contributed by atoms with Gasteiger partial charge < -0.3 is 10.1 Å². The lowest BCUT2D eigenvalue weighted by atomic mass is 10.1. The predicted octanol–water partition coefficient (Wildman–Crippen LogP) is 5.16. The number of thioether (sulfide) groups is 1. The number of halogens is 1. The summed E-state index contributed by atoms with van der Waals surface area (Å²) in [5, 5.41) is 5.46. The smallest absolute Gasteiger partial charge is 0.317 e. The molecule has 3 aromatic carbocycles. The van der Waals surface area contributed by atoms with Crippen LogP contribution in [0, 0.1) is 0 Å². The fourth-order valence-electron chi connectivity index (χ4n) is 2.49. The summed E-state index contributed by atoms with van der Waals surface area (Å²) < 4.78 is 5.22. The van der Waals surface area contributed by atoms with E-state index in [1.165, 1.54) is 11.8 Å². The summed E-state index contributed by atoms with van der Waals surface area (Å²) in [5.74, 6) is -0.712. The SMILES string of the molecule is C[C@H](OC(=O)CSc1ccc2ccccc2c1)C(=O)Nc1cccc(Cl)c1. The van der Waals surface area contributed by atoms with Crippen molar-refractivity contribution >= 4 is 51.7 Å². The van der Waals surface area contributed by atoms with Crippen LogP contribution in [0.5, 0.6) is 0 Å². The number of hydrogen-bond acceptors (Lipinski definition) is 4. The minimum atomic E-state index is -0.895. The molecule has 1 N–H and O–H groups in total. The maximum atomic E-state index is 12.1. The number of rotatable bonds is 6. The summed E-state index contributed by atoms with van der Waals surface area (Å²) in [4.78, 5) is 25.2. The molecule has 0 aliphatic carbocycles. The van der Waals surface area contributed by atoms with E-state index in [0.717, 1.165) is 15.7 Å². The average Bonchev–Trinajstić information content (AvgIpc) is 2.66.